The van der Waals surface area contributed by atoms with Crippen molar-refractivity contribution < 1.29 is 37.7 Å². The van der Waals surface area contributed by atoms with Crippen LogP contribution in [0.2, 0.25) is 0 Å². The molecule has 0 spiro atoms. The highest BCUT2D eigenvalue weighted by atomic mass is 16.7. The van der Waals surface area contributed by atoms with E-state index in [0.717, 1.165) is 5.56 Å². The molecule has 0 saturated heterocycles. The van der Waals surface area contributed by atoms with Gasteiger partial charge in [-0.2, -0.15) is 0 Å². The van der Waals surface area contributed by atoms with Crippen molar-refractivity contribution >= 4 is 23.6 Å². The molecule has 39 heavy (non-hydrogen) atoms. The van der Waals surface area contributed by atoms with Gasteiger partial charge in [-0.05, 0) is 61.0 Å². The third kappa shape index (κ3) is 7.51. The maximum absolute atomic E-state index is 13.5. The SMILES string of the molecule is CCOC(=O)c1ccc(NC(=O)N(CCOC)CC(=O)N(Cc2ccc3c(c2)OCO3)Cc2ccco2)cc1. The fourth-order valence-electron chi connectivity index (χ4n) is 3.91. The standard InChI is InChI=1S/C28H31N3O8/c1-3-36-27(33)21-7-9-22(10-8-21)29-28(34)30(12-14-35-2)18-26(32)31(17-23-5-4-13-37-23)16-20-6-11-24-25(15-20)39-19-38-24/h4-11,13,15H,3,12,14,16-19H2,1-2H3,(H,29,34). The van der Waals surface area contributed by atoms with E-state index >= 15 is 0 Å². The molecule has 0 bridgehead atoms. The van der Waals surface area contributed by atoms with Gasteiger partial charge in [-0.3, -0.25) is 4.79 Å². The summed E-state index contributed by atoms with van der Waals surface area (Å²) in [5.74, 6) is 1.15. The number of urea groups is 1. The Kier molecular flexibility index (Phi) is 9.41. The summed E-state index contributed by atoms with van der Waals surface area (Å²) in [7, 11) is 1.52. The number of rotatable bonds is 12. The molecule has 1 aliphatic rings. The van der Waals surface area contributed by atoms with E-state index in [1.807, 2.05) is 12.1 Å². The van der Waals surface area contributed by atoms with E-state index in [2.05, 4.69) is 5.32 Å². The Morgan fingerprint density at radius 1 is 0.974 bits per heavy atom. The number of anilines is 1. The van der Waals surface area contributed by atoms with Gasteiger partial charge in [-0.25, -0.2) is 9.59 Å². The number of nitrogens with zero attached hydrogens (tertiary/aromatic N) is 2. The van der Waals surface area contributed by atoms with Crippen LogP contribution in [0.3, 0.4) is 0 Å². The Morgan fingerprint density at radius 3 is 2.49 bits per heavy atom. The summed E-state index contributed by atoms with van der Waals surface area (Å²) in [4.78, 5) is 41.6. The molecule has 1 aromatic heterocycles. The first-order valence-electron chi connectivity index (χ1n) is 12.5. The van der Waals surface area contributed by atoms with Gasteiger partial charge in [-0.15, -0.1) is 0 Å². The number of benzene rings is 2. The fourth-order valence-corrected chi connectivity index (χ4v) is 3.91. The molecular formula is C28H31N3O8. The van der Waals surface area contributed by atoms with Gasteiger partial charge in [0.05, 0.1) is 31.6 Å². The van der Waals surface area contributed by atoms with Crippen molar-refractivity contribution in [3.63, 3.8) is 0 Å². The predicted molar refractivity (Wildman–Crippen MR) is 140 cm³/mol. The quantitative estimate of drug-likeness (QED) is 0.346. The molecule has 0 aliphatic carbocycles. The zero-order valence-electron chi connectivity index (χ0n) is 21.9. The van der Waals surface area contributed by atoms with Gasteiger partial charge in [0.25, 0.3) is 0 Å². The molecular weight excluding hydrogens is 506 g/mol. The number of carbonyl (C=O) groups is 3. The molecule has 2 aromatic carbocycles. The van der Waals surface area contributed by atoms with E-state index in [4.69, 9.17) is 23.4 Å². The summed E-state index contributed by atoms with van der Waals surface area (Å²) in [6.07, 6.45) is 1.55. The number of carbonyl (C=O) groups excluding carboxylic acids is 3. The number of ether oxygens (including phenoxy) is 4. The van der Waals surface area contributed by atoms with Gasteiger partial charge in [-0.1, -0.05) is 6.07 Å². The predicted octanol–water partition coefficient (Wildman–Crippen LogP) is 3.89. The highest BCUT2D eigenvalue weighted by molar-refractivity contribution is 5.94. The lowest BCUT2D eigenvalue weighted by molar-refractivity contribution is -0.133. The normalized spacial score (nSPS) is 11.6. The van der Waals surface area contributed by atoms with Crippen molar-refractivity contribution in [2.45, 2.75) is 20.0 Å². The molecule has 0 unspecified atom stereocenters. The van der Waals surface area contributed by atoms with Gasteiger partial charge in [0, 0.05) is 25.9 Å². The van der Waals surface area contributed by atoms with E-state index < -0.39 is 12.0 Å². The van der Waals surface area contributed by atoms with Crippen molar-refractivity contribution in [3.8, 4) is 11.5 Å². The maximum Gasteiger partial charge on any atom is 0.338 e. The minimum absolute atomic E-state index is 0.156. The zero-order valence-corrected chi connectivity index (χ0v) is 21.9. The molecule has 0 atom stereocenters. The zero-order chi connectivity index (χ0) is 27.6. The van der Waals surface area contributed by atoms with Gasteiger partial charge in [0.15, 0.2) is 11.5 Å². The Balaban J connectivity index is 1.46. The first-order valence-corrected chi connectivity index (χ1v) is 12.5. The summed E-state index contributed by atoms with van der Waals surface area (Å²) < 4.78 is 26.5. The fraction of sp³-hybridized carbons (Fsp3) is 0.321. The first-order chi connectivity index (χ1) is 19.0. The number of nitrogens with one attached hydrogen (secondary N) is 1. The van der Waals surface area contributed by atoms with Crippen LogP contribution in [0.5, 0.6) is 11.5 Å². The Morgan fingerprint density at radius 2 is 1.77 bits per heavy atom. The number of esters is 1. The number of methoxy groups -OCH3 is 1. The second-order valence-corrected chi connectivity index (χ2v) is 8.66. The molecule has 11 nitrogen and oxygen atoms in total. The van der Waals surface area contributed by atoms with Crippen LogP contribution in [0.15, 0.2) is 65.3 Å². The van der Waals surface area contributed by atoms with Crippen LogP contribution in [-0.2, 0) is 27.4 Å². The number of hydrogen-bond donors (Lipinski definition) is 1. The number of fused-ring (bicyclic) bond motifs is 1. The molecule has 0 fully saturated rings. The summed E-state index contributed by atoms with van der Waals surface area (Å²) in [5, 5.41) is 2.78. The minimum Gasteiger partial charge on any atom is -0.467 e. The van der Waals surface area contributed by atoms with Crippen molar-refractivity contribution in [3.05, 3.63) is 77.7 Å². The van der Waals surface area contributed by atoms with Crippen molar-refractivity contribution in [1.82, 2.24) is 9.80 Å². The van der Waals surface area contributed by atoms with Crippen LogP contribution in [-0.4, -0.2) is 67.9 Å². The van der Waals surface area contributed by atoms with Crippen LogP contribution in [0.1, 0.15) is 28.6 Å². The van der Waals surface area contributed by atoms with E-state index in [1.165, 1.54) is 12.0 Å². The van der Waals surface area contributed by atoms with Crippen LogP contribution >= 0.6 is 0 Å². The second kappa shape index (κ2) is 13.3. The number of amides is 3. The Hall–Kier alpha value is -4.51. The molecule has 11 heteroatoms. The molecule has 1 N–H and O–H groups in total. The monoisotopic (exact) mass is 537 g/mol. The summed E-state index contributed by atoms with van der Waals surface area (Å²) in [6.45, 7) is 2.87. The summed E-state index contributed by atoms with van der Waals surface area (Å²) in [6, 6.07) is 14.9. The molecule has 0 radical (unpaired) electrons. The lowest BCUT2D eigenvalue weighted by Crippen LogP contribution is -2.45. The average Bonchev–Trinajstić information content (AvgIpc) is 3.63. The first kappa shape index (κ1) is 27.5. The third-order valence-electron chi connectivity index (χ3n) is 5.92. The number of furan rings is 1. The molecule has 0 saturated carbocycles. The topological polar surface area (TPSA) is 120 Å². The van der Waals surface area contributed by atoms with Gasteiger partial charge in [0.1, 0.15) is 12.3 Å². The lowest BCUT2D eigenvalue weighted by Gasteiger charge is -2.27. The molecule has 3 amide bonds. The van der Waals surface area contributed by atoms with Gasteiger partial charge < -0.3 is 38.5 Å². The van der Waals surface area contributed by atoms with Gasteiger partial charge in [0.2, 0.25) is 12.7 Å². The third-order valence-corrected chi connectivity index (χ3v) is 5.92. The second-order valence-electron chi connectivity index (χ2n) is 8.66. The van der Waals surface area contributed by atoms with E-state index in [9.17, 15) is 14.4 Å². The largest absolute Gasteiger partial charge is 0.467 e. The number of hydrogen-bond acceptors (Lipinski definition) is 8. The Bertz CT molecular complexity index is 1260. The summed E-state index contributed by atoms with van der Waals surface area (Å²) in [5.41, 5.74) is 1.68. The average molecular weight is 538 g/mol. The van der Waals surface area contributed by atoms with Crippen molar-refractivity contribution in [2.75, 3.05) is 45.5 Å². The van der Waals surface area contributed by atoms with Crippen LogP contribution in [0, 0.1) is 0 Å². The molecule has 1 aliphatic heterocycles. The molecule has 206 valence electrons. The lowest BCUT2D eigenvalue weighted by atomic mass is 10.2. The van der Waals surface area contributed by atoms with Crippen LogP contribution in [0.25, 0.3) is 0 Å². The van der Waals surface area contributed by atoms with E-state index in [1.54, 1.807) is 60.6 Å². The van der Waals surface area contributed by atoms with E-state index in [-0.39, 0.29) is 52.1 Å². The molecule has 4 rings (SSSR count). The highest BCUT2D eigenvalue weighted by Gasteiger charge is 2.24. The summed E-state index contributed by atoms with van der Waals surface area (Å²) >= 11 is 0. The smallest absolute Gasteiger partial charge is 0.338 e. The van der Waals surface area contributed by atoms with Crippen molar-refractivity contribution in [1.29, 1.82) is 0 Å². The highest BCUT2D eigenvalue weighted by Crippen LogP contribution is 2.33. The van der Waals surface area contributed by atoms with Crippen LogP contribution < -0.4 is 14.8 Å². The molecule has 2 heterocycles. The van der Waals surface area contributed by atoms with Crippen molar-refractivity contribution in [2.24, 2.45) is 0 Å². The van der Waals surface area contributed by atoms with Gasteiger partial charge >= 0.3 is 12.0 Å². The molecule has 3 aromatic rings. The Labute approximate surface area is 226 Å². The van der Waals surface area contributed by atoms with Crippen LogP contribution in [0.4, 0.5) is 10.5 Å². The maximum atomic E-state index is 13.5. The van der Waals surface area contributed by atoms with E-state index in [0.29, 0.717) is 28.5 Å². The minimum atomic E-state index is -0.481.